The molecule has 166 valence electrons. The second kappa shape index (κ2) is 12.1. The number of nitrogens with one attached hydrogen (secondary N) is 2. The average Bonchev–Trinajstić information content (AvgIpc) is 2.81. The second-order valence-corrected chi connectivity index (χ2v) is 7.87. The molecule has 0 bridgehead atoms. The first-order valence-electron chi connectivity index (χ1n) is 11.3. The highest BCUT2D eigenvalue weighted by molar-refractivity contribution is 5.79. The molecule has 0 spiro atoms. The van der Waals surface area contributed by atoms with Crippen LogP contribution in [0.15, 0.2) is 65.7 Å². The molecule has 1 saturated heterocycles. The first-order chi connectivity index (χ1) is 15.2. The van der Waals surface area contributed by atoms with Crippen LogP contribution in [0.3, 0.4) is 0 Å². The number of nitrogens with zero attached hydrogens (tertiary/aromatic N) is 3. The van der Waals surface area contributed by atoms with E-state index in [2.05, 4.69) is 83.1 Å². The van der Waals surface area contributed by atoms with Gasteiger partial charge < -0.3 is 15.5 Å². The Bertz CT molecular complexity index is 777. The Balaban J connectivity index is 1.58. The number of carbonyl (C=O) groups is 1. The van der Waals surface area contributed by atoms with Gasteiger partial charge in [0.2, 0.25) is 5.91 Å². The smallest absolute Gasteiger partial charge is 0.219 e. The number of hydrogen-bond donors (Lipinski definition) is 2. The zero-order valence-electron chi connectivity index (χ0n) is 18.8. The van der Waals surface area contributed by atoms with E-state index < -0.39 is 0 Å². The normalized spacial score (nSPS) is 15.2. The van der Waals surface area contributed by atoms with Gasteiger partial charge in [0.05, 0.1) is 6.54 Å². The van der Waals surface area contributed by atoms with Crippen molar-refractivity contribution in [1.82, 2.24) is 20.4 Å². The topological polar surface area (TPSA) is 60.0 Å². The SMILES string of the molecule is CCNC(=NCC(c1ccccc1)c1ccccc1)NCCN1CCN(C(C)=O)CC1. The lowest BCUT2D eigenvalue weighted by molar-refractivity contribution is -0.130. The molecule has 0 aromatic heterocycles. The molecule has 0 unspecified atom stereocenters. The third-order valence-electron chi connectivity index (χ3n) is 5.72. The molecule has 1 fully saturated rings. The lowest BCUT2D eigenvalue weighted by Gasteiger charge is -2.34. The number of guanidine groups is 1. The largest absolute Gasteiger partial charge is 0.357 e. The Labute approximate surface area is 186 Å². The van der Waals surface area contributed by atoms with Gasteiger partial charge in [-0.05, 0) is 18.1 Å². The number of hydrogen-bond acceptors (Lipinski definition) is 3. The monoisotopic (exact) mass is 421 g/mol. The zero-order chi connectivity index (χ0) is 21.9. The highest BCUT2D eigenvalue weighted by atomic mass is 16.2. The Morgan fingerprint density at radius 2 is 1.52 bits per heavy atom. The molecule has 2 aromatic carbocycles. The van der Waals surface area contributed by atoms with E-state index in [-0.39, 0.29) is 11.8 Å². The van der Waals surface area contributed by atoms with Crippen molar-refractivity contribution in [2.45, 2.75) is 19.8 Å². The average molecular weight is 422 g/mol. The molecule has 0 atom stereocenters. The van der Waals surface area contributed by atoms with Gasteiger partial charge in [0.25, 0.3) is 0 Å². The van der Waals surface area contributed by atoms with E-state index in [0.29, 0.717) is 6.54 Å². The van der Waals surface area contributed by atoms with Crippen LogP contribution in [0.4, 0.5) is 0 Å². The maximum absolute atomic E-state index is 11.5. The van der Waals surface area contributed by atoms with Gasteiger partial charge >= 0.3 is 0 Å². The number of aliphatic imine (C=N–C) groups is 1. The van der Waals surface area contributed by atoms with E-state index in [4.69, 9.17) is 4.99 Å². The minimum atomic E-state index is 0.172. The van der Waals surface area contributed by atoms with Crippen LogP contribution in [0.1, 0.15) is 30.9 Å². The third kappa shape index (κ3) is 7.10. The number of piperazine rings is 1. The summed E-state index contributed by atoms with van der Waals surface area (Å²) in [6, 6.07) is 21.2. The summed E-state index contributed by atoms with van der Waals surface area (Å²) >= 11 is 0. The van der Waals surface area contributed by atoms with Gasteiger partial charge in [0.1, 0.15) is 0 Å². The fourth-order valence-corrected chi connectivity index (χ4v) is 3.92. The predicted octanol–water partition coefficient (Wildman–Crippen LogP) is 2.54. The molecule has 6 nitrogen and oxygen atoms in total. The van der Waals surface area contributed by atoms with Crippen LogP contribution in [0, 0.1) is 0 Å². The Hall–Kier alpha value is -2.86. The molecule has 2 N–H and O–H groups in total. The van der Waals surface area contributed by atoms with E-state index in [1.807, 2.05) is 4.90 Å². The Kier molecular flexibility index (Phi) is 8.91. The van der Waals surface area contributed by atoms with E-state index in [1.54, 1.807) is 6.92 Å². The lowest BCUT2D eigenvalue weighted by Crippen LogP contribution is -2.50. The maximum Gasteiger partial charge on any atom is 0.219 e. The van der Waals surface area contributed by atoms with Crippen molar-refractivity contribution >= 4 is 11.9 Å². The fourth-order valence-electron chi connectivity index (χ4n) is 3.92. The first-order valence-corrected chi connectivity index (χ1v) is 11.3. The summed E-state index contributed by atoms with van der Waals surface area (Å²) < 4.78 is 0. The molecule has 31 heavy (non-hydrogen) atoms. The summed E-state index contributed by atoms with van der Waals surface area (Å²) in [6.45, 7) is 10.5. The van der Waals surface area contributed by atoms with E-state index in [0.717, 1.165) is 51.8 Å². The highest BCUT2D eigenvalue weighted by Gasteiger charge is 2.18. The van der Waals surface area contributed by atoms with Crippen LogP contribution in [-0.4, -0.2) is 74.0 Å². The standard InChI is InChI=1S/C25H35N5O/c1-3-26-25(27-14-15-29-16-18-30(19-17-29)21(2)31)28-20-24(22-10-6-4-7-11-22)23-12-8-5-9-13-23/h4-13,24H,3,14-20H2,1-2H3,(H2,26,27,28). The van der Waals surface area contributed by atoms with Crippen molar-refractivity contribution < 1.29 is 4.79 Å². The molecular weight excluding hydrogens is 386 g/mol. The summed E-state index contributed by atoms with van der Waals surface area (Å²) in [5.41, 5.74) is 2.55. The molecule has 1 amide bonds. The quantitative estimate of drug-likeness (QED) is 0.508. The molecule has 1 aliphatic rings. The van der Waals surface area contributed by atoms with Crippen molar-refractivity contribution in [3.8, 4) is 0 Å². The Morgan fingerprint density at radius 3 is 2.03 bits per heavy atom. The summed E-state index contributed by atoms with van der Waals surface area (Å²) in [5.74, 6) is 1.24. The van der Waals surface area contributed by atoms with Crippen molar-refractivity contribution in [3.05, 3.63) is 71.8 Å². The minimum absolute atomic E-state index is 0.172. The van der Waals surface area contributed by atoms with E-state index >= 15 is 0 Å². The minimum Gasteiger partial charge on any atom is -0.357 e. The molecule has 0 radical (unpaired) electrons. The molecule has 0 aliphatic carbocycles. The highest BCUT2D eigenvalue weighted by Crippen LogP contribution is 2.24. The van der Waals surface area contributed by atoms with Crippen molar-refractivity contribution in [2.24, 2.45) is 4.99 Å². The lowest BCUT2D eigenvalue weighted by atomic mass is 9.91. The van der Waals surface area contributed by atoms with Crippen molar-refractivity contribution in [1.29, 1.82) is 0 Å². The van der Waals surface area contributed by atoms with Crippen LogP contribution >= 0.6 is 0 Å². The summed E-state index contributed by atoms with van der Waals surface area (Å²) in [4.78, 5) is 20.7. The number of amides is 1. The van der Waals surface area contributed by atoms with Crippen LogP contribution in [0.5, 0.6) is 0 Å². The summed E-state index contributed by atoms with van der Waals surface area (Å²) in [6.07, 6.45) is 0. The molecule has 3 rings (SSSR count). The molecule has 1 heterocycles. The number of carbonyl (C=O) groups excluding carboxylic acids is 1. The third-order valence-corrected chi connectivity index (χ3v) is 5.72. The molecule has 0 saturated carbocycles. The van der Waals surface area contributed by atoms with E-state index in [9.17, 15) is 4.79 Å². The predicted molar refractivity (Wildman–Crippen MR) is 127 cm³/mol. The molecule has 2 aromatic rings. The van der Waals surface area contributed by atoms with Crippen molar-refractivity contribution in [2.75, 3.05) is 52.4 Å². The Morgan fingerprint density at radius 1 is 0.935 bits per heavy atom. The van der Waals surface area contributed by atoms with Gasteiger partial charge in [0.15, 0.2) is 5.96 Å². The fraction of sp³-hybridized carbons (Fsp3) is 0.440. The first kappa shape index (κ1) is 22.8. The van der Waals surface area contributed by atoms with Gasteiger partial charge in [-0.3, -0.25) is 14.7 Å². The zero-order valence-corrected chi connectivity index (χ0v) is 18.8. The molecular formula is C25H35N5O. The van der Waals surface area contributed by atoms with Gasteiger partial charge in [-0.15, -0.1) is 0 Å². The number of rotatable bonds is 8. The van der Waals surface area contributed by atoms with Crippen LogP contribution in [-0.2, 0) is 4.79 Å². The molecule has 1 aliphatic heterocycles. The second-order valence-electron chi connectivity index (χ2n) is 7.87. The summed E-state index contributed by atoms with van der Waals surface area (Å²) in [7, 11) is 0. The van der Waals surface area contributed by atoms with E-state index in [1.165, 1.54) is 11.1 Å². The summed E-state index contributed by atoms with van der Waals surface area (Å²) in [5, 5.41) is 6.85. The van der Waals surface area contributed by atoms with Gasteiger partial charge in [-0.2, -0.15) is 0 Å². The van der Waals surface area contributed by atoms with Gasteiger partial charge in [0, 0.05) is 58.7 Å². The van der Waals surface area contributed by atoms with Crippen LogP contribution in [0.2, 0.25) is 0 Å². The molecule has 6 heteroatoms. The van der Waals surface area contributed by atoms with Crippen molar-refractivity contribution in [3.63, 3.8) is 0 Å². The van der Waals surface area contributed by atoms with Gasteiger partial charge in [-0.25, -0.2) is 0 Å². The number of benzene rings is 2. The van der Waals surface area contributed by atoms with Crippen LogP contribution in [0.25, 0.3) is 0 Å². The van der Waals surface area contributed by atoms with Crippen LogP contribution < -0.4 is 10.6 Å². The maximum atomic E-state index is 11.5. The van der Waals surface area contributed by atoms with Gasteiger partial charge in [-0.1, -0.05) is 60.7 Å².